The topological polar surface area (TPSA) is 32.7 Å². The Morgan fingerprint density at radius 1 is 1.08 bits per heavy atom. The molecule has 0 aliphatic carbocycles. The zero-order valence-electron chi connectivity index (χ0n) is 14.4. The summed E-state index contributed by atoms with van der Waals surface area (Å²) >= 11 is 0. The SMILES string of the molecule is CN1CCCC1CCOc1ccccc1CCc1ccc(O)cc1. The molecular weight excluding hydrogens is 298 g/mol. The Hall–Kier alpha value is -2.00. The fourth-order valence-corrected chi connectivity index (χ4v) is 3.44. The van der Waals surface area contributed by atoms with Crippen LogP contribution in [0.5, 0.6) is 11.5 Å². The van der Waals surface area contributed by atoms with E-state index in [4.69, 9.17) is 4.74 Å². The molecule has 1 unspecified atom stereocenters. The summed E-state index contributed by atoms with van der Waals surface area (Å²) in [7, 11) is 2.21. The minimum Gasteiger partial charge on any atom is -0.508 e. The van der Waals surface area contributed by atoms with Gasteiger partial charge in [-0.2, -0.15) is 0 Å². The van der Waals surface area contributed by atoms with Gasteiger partial charge in [-0.25, -0.2) is 0 Å². The fraction of sp³-hybridized carbons (Fsp3) is 0.429. The molecule has 0 amide bonds. The Kier molecular flexibility index (Phi) is 5.76. The van der Waals surface area contributed by atoms with Gasteiger partial charge in [0.25, 0.3) is 0 Å². The molecule has 0 radical (unpaired) electrons. The number of ether oxygens (including phenoxy) is 1. The number of aryl methyl sites for hydroxylation is 2. The van der Waals surface area contributed by atoms with Crippen molar-refractivity contribution in [1.82, 2.24) is 4.90 Å². The summed E-state index contributed by atoms with van der Waals surface area (Å²) in [6.45, 7) is 2.00. The van der Waals surface area contributed by atoms with Crippen molar-refractivity contribution in [3.05, 3.63) is 59.7 Å². The van der Waals surface area contributed by atoms with Crippen molar-refractivity contribution in [2.45, 2.75) is 38.1 Å². The van der Waals surface area contributed by atoms with Crippen molar-refractivity contribution in [3.63, 3.8) is 0 Å². The van der Waals surface area contributed by atoms with Crippen LogP contribution < -0.4 is 4.74 Å². The predicted molar refractivity (Wildman–Crippen MR) is 97.7 cm³/mol. The van der Waals surface area contributed by atoms with Crippen LogP contribution in [-0.2, 0) is 12.8 Å². The van der Waals surface area contributed by atoms with Crippen LogP contribution in [0.2, 0.25) is 0 Å². The molecule has 3 rings (SSSR count). The number of likely N-dealkylation sites (tertiary alicyclic amines) is 1. The van der Waals surface area contributed by atoms with Crippen LogP contribution in [0.15, 0.2) is 48.5 Å². The summed E-state index contributed by atoms with van der Waals surface area (Å²) in [6, 6.07) is 16.5. The Labute approximate surface area is 144 Å². The lowest BCUT2D eigenvalue weighted by atomic mass is 10.0. The molecule has 0 spiro atoms. The third kappa shape index (κ3) is 4.51. The molecule has 1 aliphatic rings. The molecule has 0 saturated carbocycles. The maximum atomic E-state index is 9.37. The van der Waals surface area contributed by atoms with E-state index in [1.165, 1.54) is 30.5 Å². The van der Waals surface area contributed by atoms with Gasteiger partial charge in [-0.15, -0.1) is 0 Å². The maximum Gasteiger partial charge on any atom is 0.122 e. The maximum absolute atomic E-state index is 9.37. The second kappa shape index (κ2) is 8.20. The van der Waals surface area contributed by atoms with Crippen LogP contribution in [0.25, 0.3) is 0 Å². The predicted octanol–water partition coefficient (Wildman–Crippen LogP) is 4.04. The van der Waals surface area contributed by atoms with Crippen LogP contribution in [0.1, 0.15) is 30.4 Å². The summed E-state index contributed by atoms with van der Waals surface area (Å²) < 4.78 is 6.09. The second-order valence-corrected chi connectivity index (χ2v) is 6.69. The first-order valence-corrected chi connectivity index (χ1v) is 8.91. The van der Waals surface area contributed by atoms with Crippen LogP contribution in [0.4, 0.5) is 0 Å². The molecule has 128 valence electrons. The number of benzene rings is 2. The molecule has 2 aromatic carbocycles. The first-order valence-electron chi connectivity index (χ1n) is 8.91. The average molecular weight is 325 g/mol. The molecule has 1 N–H and O–H groups in total. The van der Waals surface area contributed by atoms with Gasteiger partial charge < -0.3 is 14.7 Å². The molecule has 24 heavy (non-hydrogen) atoms. The first kappa shape index (κ1) is 16.8. The van der Waals surface area contributed by atoms with E-state index in [1.54, 1.807) is 12.1 Å². The number of phenols is 1. The Balaban J connectivity index is 1.53. The van der Waals surface area contributed by atoms with Gasteiger partial charge in [-0.05, 0) is 75.0 Å². The lowest BCUT2D eigenvalue weighted by molar-refractivity contribution is 0.232. The van der Waals surface area contributed by atoms with E-state index in [0.717, 1.165) is 31.6 Å². The number of aromatic hydroxyl groups is 1. The molecule has 1 aliphatic heterocycles. The molecule has 2 aromatic rings. The third-order valence-electron chi connectivity index (χ3n) is 4.97. The van der Waals surface area contributed by atoms with Crippen LogP contribution in [-0.4, -0.2) is 36.2 Å². The van der Waals surface area contributed by atoms with Crippen molar-refractivity contribution in [2.24, 2.45) is 0 Å². The van der Waals surface area contributed by atoms with Crippen LogP contribution in [0.3, 0.4) is 0 Å². The van der Waals surface area contributed by atoms with E-state index in [0.29, 0.717) is 11.8 Å². The van der Waals surface area contributed by atoms with E-state index in [9.17, 15) is 5.11 Å². The van der Waals surface area contributed by atoms with Gasteiger partial charge >= 0.3 is 0 Å². The molecule has 1 fully saturated rings. The van der Waals surface area contributed by atoms with Gasteiger partial charge in [0.2, 0.25) is 0 Å². The highest BCUT2D eigenvalue weighted by Crippen LogP contribution is 2.23. The Morgan fingerprint density at radius 2 is 1.88 bits per heavy atom. The zero-order chi connectivity index (χ0) is 16.8. The molecule has 1 heterocycles. The van der Waals surface area contributed by atoms with Gasteiger partial charge in [0.15, 0.2) is 0 Å². The van der Waals surface area contributed by atoms with Crippen molar-refractivity contribution in [2.75, 3.05) is 20.2 Å². The second-order valence-electron chi connectivity index (χ2n) is 6.69. The average Bonchev–Trinajstić information content (AvgIpc) is 3.00. The highest BCUT2D eigenvalue weighted by atomic mass is 16.5. The quantitative estimate of drug-likeness (QED) is 0.834. The van der Waals surface area contributed by atoms with Crippen LogP contribution >= 0.6 is 0 Å². The van der Waals surface area contributed by atoms with Gasteiger partial charge in [-0.3, -0.25) is 0 Å². The smallest absolute Gasteiger partial charge is 0.122 e. The molecule has 0 bridgehead atoms. The van der Waals surface area contributed by atoms with Gasteiger partial charge in [-0.1, -0.05) is 30.3 Å². The highest BCUT2D eigenvalue weighted by molar-refractivity contribution is 5.34. The number of para-hydroxylation sites is 1. The van der Waals surface area contributed by atoms with Gasteiger partial charge in [0.1, 0.15) is 11.5 Å². The van der Waals surface area contributed by atoms with E-state index in [1.807, 2.05) is 18.2 Å². The van der Waals surface area contributed by atoms with Crippen LogP contribution in [0, 0.1) is 0 Å². The van der Waals surface area contributed by atoms with E-state index >= 15 is 0 Å². The minimum atomic E-state index is 0.319. The van der Waals surface area contributed by atoms with Gasteiger partial charge in [0, 0.05) is 6.04 Å². The fourth-order valence-electron chi connectivity index (χ4n) is 3.44. The lowest BCUT2D eigenvalue weighted by Gasteiger charge is -2.20. The summed E-state index contributed by atoms with van der Waals surface area (Å²) in [5.74, 6) is 1.33. The molecule has 1 saturated heterocycles. The highest BCUT2D eigenvalue weighted by Gasteiger charge is 2.20. The van der Waals surface area contributed by atoms with E-state index < -0.39 is 0 Å². The summed E-state index contributed by atoms with van der Waals surface area (Å²) in [5, 5.41) is 9.37. The molecular formula is C21H27NO2. The summed E-state index contributed by atoms with van der Waals surface area (Å²) in [6.07, 6.45) is 5.60. The molecule has 1 atom stereocenters. The molecule has 3 nitrogen and oxygen atoms in total. The Morgan fingerprint density at radius 3 is 2.62 bits per heavy atom. The van der Waals surface area contributed by atoms with Gasteiger partial charge in [0.05, 0.1) is 6.61 Å². The number of phenolic OH excluding ortho intramolecular Hbond substituents is 1. The number of nitrogens with zero attached hydrogens (tertiary/aromatic N) is 1. The zero-order valence-corrected chi connectivity index (χ0v) is 14.4. The summed E-state index contributed by atoms with van der Waals surface area (Å²) in [4.78, 5) is 2.44. The van der Waals surface area contributed by atoms with Crippen molar-refractivity contribution in [3.8, 4) is 11.5 Å². The van der Waals surface area contributed by atoms with Crippen molar-refractivity contribution < 1.29 is 9.84 Å². The third-order valence-corrected chi connectivity index (χ3v) is 4.97. The first-order chi connectivity index (χ1) is 11.7. The number of hydrogen-bond acceptors (Lipinski definition) is 3. The molecule has 0 aromatic heterocycles. The Bertz CT molecular complexity index is 639. The largest absolute Gasteiger partial charge is 0.508 e. The standard InChI is InChI=1S/C21H27NO2/c1-22-15-4-6-19(22)14-16-24-21-7-3-2-5-18(21)11-8-17-9-12-20(23)13-10-17/h2-3,5,7,9-10,12-13,19,23H,4,6,8,11,14-16H2,1H3. The van der Waals surface area contributed by atoms with Crippen molar-refractivity contribution >= 4 is 0 Å². The minimum absolute atomic E-state index is 0.319. The van der Waals surface area contributed by atoms with E-state index in [-0.39, 0.29) is 0 Å². The monoisotopic (exact) mass is 325 g/mol. The number of rotatable bonds is 7. The van der Waals surface area contributed by atoms with E-state index in [2.05, 4.69) is 30.1 Å². The summed E-state index contributed by atoms with van der Waals surface area (Å²) in [5.41, 5.74) is 2.49. The van der Waals surface area contributed by atoms with Crippen molar-refractivity contribution in [1.29, 1.82) is 0 Å². The lowest BCUT2D eigenvalue weighted by Crippen LogP contribution is -2.26. The normalized spacial score (nSPS) is 18.0. The molecule has 3 heteroatoms. The number of hydrogen-bond donors (Lipinski definition) is 1.